The highest BCUT2D eigenvalue weighted by atomic mass is 16.5. The van der Waals surface area contributed by atoms with Crippen LogP contribution in [0.5, 0.6) is 5.88 Å². The highest BCUT2D eigenvalue weighted by Gasteiger charge is 2.09. The number of pyridine rings is 1. The van der Waals surface area contributed by atoms with Gasteiger partial charge in [0.2, 0.25) is 11.8 Å². The van der Waals surface area contributed by atoms with E-state index in [1.54, 1.807) is 19.2 Å². The number of fused-ring (bicyclic) bond motifs is 1. The van der Waals surface area contributed by atoms with Crippen LogP contribution in [0.3, 0.4) is 0 Å². The van der Waals surface area contributed by atoms with E-state index in [1.807, 2.05) is 0 Å². The van der Waals surface area contributed by atoms with E-state index in [2.05, 4.69) is 20.4 Å². The number of aryl methyl sites for hydroxylation is 2. The molecule has 0 saturated heterocycles. The molecule has 0 atom stereocenters. The summed E-state index contributed by atoms with van der Waals surface area (Å²) >= 11 is 0. The fourth-order valence-electron chi connectivity index (χ4n) is 2.25. The Morgan fingerprint density at radius 2 is 2.12 bits per heavy atom. The number of rotatable bonds is 5. The van der Waals surface area contributed by atoms with Gasteiger partial charge in [0.05, 0.1) is 31.5 Å². The normalized spacial score (nSPS) is 10.8. The Bertz CT molecular complexity index is 929. The Balaban J connectivity index is 1.65. The molecule has 3 aromatic heterocycles. The third kappa shape index (κ3) is 3.09. The van der Waals surface area contributed by atoms with Crippen molar-refractivity contribution < 1.29 is 9.53 Å². The van der Waals surface area contributed by atoms with Gasteiger partial charge in [-0.2, -0.15) is 5.10 Å². The van der Waals surface area contributed by atoms with Gasteiger partial charge in [0.15, 0.2) is 5.65 Å². The zero-order valence-corrected chi connectivity index (χ0v) is 13.3. The van der Waals surface area contributed by atoms with Crippen molar-refractivity contribution in [3.63, 3.8) is 0 Å². The molecule has 0 unspecified atom stereocenters. The Morgan fingerprint density at radius 3 is 2.83 bits per heavy atom. The lowest BCUT2D eigenvalue weighted by Crippen LogP contribution is -2.23. The third-order valence-electron chi connectivity index (χ3n) is 3.53. The lowest BCUT2D eigenvalue weighted by Gasteiger charge is -2.07. The number of nitrogens with zero attached hydrogens (tertiary/aromatic N) is 5. The summed E-state index contributed by atoms with van der Waals surface area (Å²) in [5.74, 6) is 0.246. The van der Waals surface area contributed by atoms with Gasteiger partial charge < -0.3 is 10.1 Å². The Hall–Kier alpha value is -3.23. The lowest BCUT2D eigenvalue weighted by molar-refractivity contribution is -0.116. The average molecular weight is 328 g/mol. The molecule has 0 aliphatic carbocycles. The fourth-order valence-corrected chi connectivity index (χ4v) is 2.25. The van der Waals surface area contributed by atoms with Crippen molar-refractivity contribution >= 4 is 22.6 Å². The number of carbonyl (C=O) groups is 1. The number of nitrogens with one attached hydrogen (secondary N) is 1. The van der Waals surface area contributed by atoms with E-state index in [0.717, 1.165) is 0 Å². The average Bonchev–Trinajstić information content (AvgIpc) is 2.97. The van der Waals surface area contributed by atoms with Gasteiger partial charge in [-0.1, -0.05) is 0 Å². The maximum Gasteiger partial charge on any atom is 0.264 e. The molecule has 3 rings (SSSR count). The molecule has 3 aromatic rings. The van der Waals surface area contributed by atoms with Crippen LogP contribution in [0.2, 0.25) is 0 Å². The Morgan fingerprint density at radius 1 is 1.29 bits per heavy atom. The second-order valence-electron chi connectivity index (χ2n) is 5.14. The van der Waals surface area contributed by atoms with Crippen LogP contribution in [0.15, 0.2) is 35.6 Å². The zero-order chi connectivity index (χ0) is 17.1. The number of carbonyl (C=O) groups excluding carboxylic acids is 1. The highest BCUT2D eigenvalue weighted by Crippen LogP contribution is 2.11. The molecular formula is C15H16N6O3. The van der Waals surface area contributed by atoms with Gasteiger partial charge in [-0.3, -0.25) is 18.8 Å². The predicted octanol–water partition coefficient (Wildman–Crippen LogP) is 0.562. The highest BCUT2D eigenvalue weighted by molar-refractivity contribution is 5.90. The van der Waals surface area contributed by atoms with E-state index >= 15 is 0 Å². The molecule has 1 N–H and O–H groups in total. The number of hydrogen-bond acceptors (Lipinski definition) is 6. The van der Waals surface area contributed by atoms with Gasteiger partial charge >= 0.3 is 0 Å². The Kier molecular flexibility index (Phi) is 4.23. The van der Waals surface area contributed by atoms with E-state index in [1.165, 1.54) is 35.1 Å². The van der Waals surface area contributed by atoms with Gasteiger partial charge in [0.1, 0.15) is 5.39 Å². The van der Waals surface area contributed by atoms with Crippen molar-refractivity contribution in [1.29, 1.82) is 0 Å². The van der Waals surface area contributed by atoms with Crippen LogP contribution in [-0.2, 0) is 18.4 Å². The molecule has 124 valence electrons. The summed E-state index contributed by atoms with van der Waals surface area (Å²) in [6.45, 7) is 0.228. The third-order valence-corrected chi connectivity index (χ3v) is 3.53. The second kappa shape index (κ2) is 6.49. The van der Waals surface area contributed by atoms with E-state index < -0.39 is 0 Å². The van der Waals surface area contributed by atoms with Gasteiger partial charge in [-0.25, -0.2) is 9.97 Å². The van der Waals surface area contributed by atoms with Gasteiger partial charge in [0.25, 0.3) is 5.56 Å². The summed E-state index contributed by atoms with van der Waals surface area (Å²) in [6.07, 6.45) is 4.55. The number of methoxy groups -OCH3 is 1. The number of aromatic nitrogens is 5. The van der Waals surface area contributed by atoms with Gasteiger partial charge in [-0.15, -0.1) is 0 Å². The first-order chi connectivity index (χ1) is 11.6. The van der Waals surface area contributed by atoms with Crippen molar-refractivity contribution in [2.75, 3.05) is 12.4 Å². The van der Waals surface area contributed by atoms with E-state index in [-0.39, 0.29) is 24.4 Å². The van der Waals surface area contributed by atoms with Crippen LogP contribution in [0.25, 0.3) is 11.0 Å². The summed E-state index contributed by atoms with van der Waals surface area (Å²) in [5.41, 5.74) is 0.867. The van der Waals surface area contributed by atoms with Crippen LogP contribution >= 0.6 is 0 Å². The number of anilines is 1. The quantitative estimate of drug-likeness (QED) is 0.734. The van der Waals surface area contributed by atoms with Crippen molar-refractivity contribution in [2.24, 2.45) is 7.05 Å². The van der Waals surface area contributed by atoms with Crippen LogP contribution < -0.4 is 15.6 Å². The lowest BCUT2D eigenvalue weighted by atomic mass is 10.3. The maximum atomic E-state index is 12.3. The number of hydrogen-bond donors (Lipinski definition) is 1. The molecule has 0 saturated carbocycles. The molecule has 0 fully saturated rings. The number of amides is 1. The predicted molar refractivity (Wildman–Crippen MR) is 86.8 cm³/mol. The molecule has 9 heteroatoms. The SMILES string of the molecule is COc1ccc(NC(=O)CCn2cnc3c(cnn3C)c2=O)cn1. The van der Waals surface area contributed by atoms with Crippen molar-refractivity contribution in [3.05, 3.63) is 41.2 Å². The van der Waals surface area contributed by atoms with Gasteiger partial charge in [0, 0.05) is 26.1 Å². The fraction of sp³-hybridized carbons (Fsp3) is 0.267. The molecule has 0 spiro atoms. The van der Waals surface area contributed by atoms with Crippen LogP contribution in [0, 0.1) is 0 Å². The first-order valence-electron chi connectivity index (χ1n) is 7.25. The molecule has 0 aromatic carbocycles. The first kappa shape index (κ1) is 15.7. The minimum atomic E-state index is -0.222. The van der Waals surface area contributed by atoms with E-state index in [4.69, 9.17) is 4.74 Å². The minimum Gasteiger partial charge on any atom is -0.481 e. The summed E-state index contributed by atoms with van der Waals surface area (Å²) in [5, 5.41) is 7.15. The monoisotopic (exact) mass is 328 g/mol. The molecule has 0 aliphatic heterocycles. The van der Waals surface area contributed by atoms with E-state index in [0.29, 0.717) is 22.6 Å². The van der Waals surface area contributed by atoms with Crippen molar-refractivity contribution in [3.8, 4) is 5.88 Å². The van der Waals surface area contributed by atoms with E-state index in [9.17, 15) is 9.59 Å². The standard InChI is InChI=1S/C15H16N6O3/c1-20-14-11(8-18-20)15(23)21(9-17-14)6-5-12(22)19-10-3-4-13(24-2)16-7-10/h3-4,7-9H,5-6H2,1-2H3,(H,19,22). The maximum absolute atomic E-state index is 12.3. The zero-order valence-electron chi connectivity index (χ0n) is 13.3. The Labute approximate surface area is 136 Å². The molecule has 0 bridgehead atoms. The number of ether oxygens (including phenoxy) is 1. The first-order valence-corrected chi connectivity index (χ1v) is 7.25. The second-order valence-corrected chi connectivity index (χ2v) is 5.14. The molecule has 0 radical (unpaired) electrons. The summed E-state index contributed by atoms with van der Waals surface area (Å²) in [4.78, 5) is 32.5. The molecule has 1 amide bonds. The largest absolute Gasteiger partial charge is 0.481 e. The summed E-state index contributed by atoms with van der Waals surface area (Å²) in [7, 11) is 3.24. The summed E-state index contributed by atoms with van der Waals surface area (Å²) < 4.78 is 7.88. The van der Waals surface area contributed by atoms with Crippen LogP contribution in [0.4, 0.5) is 5.69 Å². The molecular weight excluding hydrogens is 312 g/mol. The topological polar surface area (TPSA) is 104 Å². The molecule has 9 nitrogen and oxygen atoms in total. The van der Waals surface area contributed by atoms with Crippen molar-refractivity contribution in [2.45, 2.75) is 13.0 Å². The summed E-state index contributed by atoms with van der Waals surface area (Å²) in [6, 6.07) is 3.35. The molecule has 24 heavy (non-hydrogen) atoms. The van der Waals surface area contributed by atoms with Crippen LogP contribution in [0.1, 0.15) is 6.42 Å². The van der Waals surface area contributed by atoms with Crippen LogP contribution in [-0.4, -0.2) is 37.3 Å². The van der Waals surface area contributed by atoms with Crippen molar-refractivity contribution in [1.82, 2.24) is 24.3 Å². The smallest absolute Gasteiger partial charge is 0.264 e. The molecule has 0 aliphatic rings. The molecule has 3 heterocycles. The minimum absolute atomic E-state index is 0.138. The van der Waals surface area contributed by atoms with Gasteiger partial charge in [-0.05, 0) is 6.07 Å².